The topological polar surface area (TPSA) is 125 Å². The van der Waals surface area contributed by atoms with Crippen molar-refractivity contribution in [2.45, 2.75) is 32.0 Å². The van der Waals surface area contributed by atoms with Gasteiger partial charge in [0.15, 0.2) is 5.65 Å². The number of rotatable bonds is 9. The van der Waals surface area contributed by atoms with Gasteiger partial charge in [0.2, 0.25) is 0 Å². The molecule has 9 nitrogen and oxygen atoms in total. The summed E-state index contributed by atoms with van der Waals surface area (Å²) >= 11 is 5.95. The number of hydrogen-bond acceptors (Lipinski definition) is 7. The minimum atomic E-state index is -1.63. The number of nitrogens with zero attached hydrogens (tertiary/aromatic N) is 4. The summed E-state index contributed by atoms with van der Waals surface area (Å²) in [7, 11) is 0. The molecule has 31 heavy (non-hydrogen) atoms. The van der Waals surface area contributed by atoms with Crippen molar-refractivity contribution in [3.8, 4) is 11.3 Å². The van der Waals surface area contributed by atoms with Gasteiger partial charge in [0.1, 0.15) is 6.17 Å². The molecule has 0 fully saturated rings. The van der Waals surface area contributed by atoms with Gasteiger partial charge >= 0.3 is 0 Å². The molecule has 3 aromatic heterocycles. The first-order valence-corrected chi connectivity index (χ1v) is 10.1. The Morgan fingerprint density at radius 2 is 2.10 bits per heavy atom. The minimum Gasteiger partial charge on any atom is -0.396 e. The van der Waals surface area contributed by atoms with Crippen molar-refractivity contribution in [1.82, 2.24) is 24.9 Å². The van der Waals surface area contributed by atoms with Crippen LogP contribution >= 0.6 is 11.6 Å². The third-order valence-electron chi connectivity index (χ3n) is 4.61. The van der Waals surface area contributed by atoms with E-state index in [1.807, 2.05) is 0 Å². The van der Waals surface area contributed by atoms with E-state index >= 15 is 0 Å². The zero-order valence-electron chi connectivity index (χ0n) is 17.1. The lowest BCUT2D eigenvalue weighted by Gasteiger charge is -2.22. The Hall–Kier alpha value is -2.82. The van der Waals surface area contributed by atoms with Crippen LogP contribution in [0.2, 0.25) is 5.02 Å². The highest BCUT2D eigenvalue weighted by molar-refractivity contribution is 6.30. The quantitative estimate of drug-likeness (QED) is 0.368. The molecule has 0 saturated carbocycles. The molecule has 0 radical (unpaired) electrons. The minimum absolute atomic E-state index is 0.0136. The molecular weight excluding hydrogens is 427 g/mol. The monoisotopic (exact) mass is 450 g/mol. The second-order valence-electron chi connectivity index (χ2n) is 7.55. The Labute approximate surface area is 183 Å². The van der Waals surface area contributed by atoms with Crippen LogP contribution in [0.3, 0.4) is 0 Å². The van der Waals surface area contributed by atoms with Crippen LogP contribution < -0.4 is 10.6 Å². The number of alkyl halides is 1. The predicted octanol–water partition coefficient (Wildman–Crippen LogP) is 2.08. The fourth-order valence-electron chi connectivity index (χ4n) is 2.79. The standard InChI is InChI=1S/C20H24ClFN6O3/c1-20(2,31)17(22)10-26-19(30)14-8-24-15(6-16(14)23-4-3-5-29)13-9-27-28-11-12(21)7-25-18(13)28/h6-9,11,17,29,31H,3-5,10H2,1-2H3,(H,23,24)(H,26,30)/t17-/m1/s1. The summed E-state index contributed by atoms with van der Waals surface area (Å²) in [5, 5.41) is 29.0. The van der Waals surface area contributed by atoms with Gasteiger partial charge in [-0.1, -0.05) is 11.6 Å². The van der Waals surface area contributed by atoms with Gasteiger partial charge in [-0.25, -0.2) is 13.9 Å². The van der Waals surface area contributed by atoms with E-state index < -0.39 is 17.7 Å². The number of aliphatic hydroxyl groups excluding tert-OH is 1. The molecule has 0 aliphatic rings. The Kier molecular flexibility index (Phi) is 7.04. The van der Waals surface area contributed by atoms with Crippen molar-refractivity contribution in [3.05, 3.63) is 41.4 Å². The summed E-state index contributed by atoms with van der Waals surface area (Å²) in [6, 6.07) is 1.67. The molecule has 0 aromatic carbocycles. The van der Waals surface area contributed by atoms with Crippen LogP contribution in [0.15, 0.2) is 30.9 Å². The molecule has 3 aromatic rings. The van der Waals surface area contributed by atoms with Crippen LogP contribution in [0, 0.1) is 0 Å². The molecule has 3 rings (SSSR count). The highest BCUT2D eigenvalue weighted by Crippen LogP contribution is 2.26. The number of nitrogens with one attached hydrogen (secondary N) is 2. The zero-order chi connectivity index (χ0) is 22.6. The molecule has 3 heterocycles. The van der Waals surface area contributed by atoms with Gasteiger partial charge in [0.25, 0.3) is 5.91 Å². The molecule has 4 N–H and O–H groups in total. The summed E-state index contributed by atoms with van der Waals surface area (Å²) < 4.78 is 15.5. The Morgan fingerprint density at radius 3 is 2.81 bits per heavy atom. The van der Waals surface area contributed by atoms with Crippen LogP contribution in [-0.4, -0.2) is 67.2 Å². The molecule has 1 atom stereocenters. The third kappa shape index (κ3) is 5.46. The number of amides is 1. The number of halogens is 2. The van der Waals surface area contributed by atoms with Gasteiger partial charge in [0.05, 0.1) is 52.1 Å². The second kappa shape index (κ2) is 9.54. The van der Waals surface area contributed by atoms with E-state index in [0.717, 1.165) is 0 Å². The lowest BCUT2D eigenvalue weighted by atomic mass is 10.0. The van der Waals surface area contributed by atoms with E-state index in [1.54, 1.807) is 18.5 Å². The molecule has 166 valence electrons. The lowest BCUT2D eigenvalue weighted by Crippen LogP contribution is -2.42. The van der Waals surface area contributed by atoms with Gasteiger partial charge < -0.3 is 20.8 Å². The van der Waals surface area contributed by atoms with Crippen LogP contribution in [0.4, 0.5) is 10.1 Å². The summed E-state index contributed by atoms with van der Waals surface area (Å²) in [6.45, 7) is 2.72. The number of pyridine rings is 1. The van der Waals surface area contributed by atoms with E-state index in [4.69, 9.17) is 16.7 Å². The van der Waals surface area contributed by atoms with Gasteiger partial charge in [0, 0.05) is 25.5 Å². The highest BCUT2D eigenvalue weighted by Gasteiger charge is 2.27. The number of carbonyl (C=O) groups excluding carboxylic acids is 1. The maximum Gasteiger partial charge on any atom is 0.255 e. The fourth-order valence-corrected chi connectivity index (χ4v) is 2.93. The molecule has 0 bridgehead atoms. The first-order chi connectivity index (χ1) is 14.7. The van der Waals surface area contributed by atoms with E-state index in [9.17, 15) is 14.3 Å². The molecule has 0 aliphatic carbocycles. The first-order valence-electron chi connectivity index (χ1n) is 9.69. The van der Waals surface area contributed by atoms with Gasteiger partial charge in [-0.15, -0.1) is 0 Å². The summed E-state index contributed by atoms with van der Waals surface area (Å²) in [5.74, 6) is -0.540. The normalized spacial score (nSPS) is 12.7. The van der Waals surface area contributed by atoms with E-state index in [0.29, 0.717) is 40.6 Å². The van der Waals surface area contributed by atoms with Crippen LogP contribution in [0.5, 0.6) is 0 Å². The summed E-state index contributed by atoms with van der Waals surface area (Å²) in [5.41, 5.74) is 0.796. The predicted molar refractivity (Wildman–Crippen MR) is 115 cm³/mol. The molecule has 0 spiro atoms. The van der Waals surface area contributed by atoms with Crippen LogP contribution in [0.25, 0.3) is 16.9 Å². The van der Waals surface area contributed by atoms with Crippen molar-refractivity contribution in [2.24, 2.45) is 0 Å². The molecule has 0 saturated heterocycles. The molecule has 0 unspecified atom stereocenters. The molecule has 1 amide bonds. The van der Waals surface area contributed by atoms with Crippen molar-refractivity contribution in [1.29, 1.82) is 0 Å². The van der Waals surface area contributed by atoms with Crippen LogP contribution in [-0.2, 0) is 0 Å². The lowest BCUT2D eigenvalue weighted by molar-refractivity contribution is -0.00177. The number of anilines is 1. The second-order valence-corrected chi connectivity index (χ2v) is 7.99. The summed E-state index contributed by atoms with van der Waals surface area (Å²) in [6.07, 6.45) is 4.93. The number of aromatic nitrogens is 4. The maximum atomic E-state index is 14.0. The average molecular weight is 451 g/mol. The highest BCUT2D eigenvalue weighted by atomic mass is 35.5. The zero-order valence-corrected chi connectivity index (χ0v) is 17.9. The summed E-state index contributed by atoms with van der Waals surface area (Å²) in [4.78, 5) is 21.3. The number of hydrogen-bond donors (Lipinski definition) is 4. The smallest absolute Gasteiger partial charge is 0.255 e. The van der Waals surface area contributed by atoms with Gasteiger partial charge in [-0.05, 0) is 26.3 Å². The van der Waals surface area contributed by atoms with Gasteiger partial charge in [-0.3, -0.25) is 9.78 Å². The van der Waals surface area contributed by atoms with E-state index in [-0.39, 0.29) is 18.7 Å². The number of aliphatic hydroxyl groups is 2. The van der Waals surface area contributed by atoms with E-state index in [1.165, 1.54) is 30.8 Å². The SMILES string of the molecule is CC(C)(O)[C@H](F)CNC(=O)c1cnc(-c2cnn3cc(Cl)cnc23)cc1NCCCO. The molecular formula is C20H24ClFN6O3. The Balaban J connectivity index is 1.90. The van der Waals surface area contributed by atoms with Gasteiger partial charge in [-0.2, -0.15) is 5.10 Å². The van der Waals surface area contributed by atoms with Crippen molar-refractivity contribution in [2.75, 3.05) is 25.0 Å². The largest absolute Gasteiger partial charge is 0.396 e. The van der Waals surface area contributed by atoms with Crippen molar-refractivity contribution in [3.63, 3.8) is 0 Å². The van der Waals surface area contributed by atoms with Crippen molar-refractivity contribution < 1.29 is 19.4 Å². The first kappa shape index (κ1) is 22.9. The van der Waals surface area contributed by atoms with Crippen LogP contribution in [0.1, 0.15) is 30.6 Å². The van der Waals surface area contributed by atoms with Crippen molar-refractivity contribution >= 4 is 28.8 Å². The number of fused-ring (bicyclic) bond motifs is 1. The number of carbonyl (C=O) groups is 1. The van der Waals surface area contributed by atoms with E-state index in [2.05, 4.69) is 25.7 Å². The molecule has 0 aliphatic heterocycles. The third-order valence-corrected chi connectivity index (χ3v) is 4.80. The fraction of sp³-hybridized carbons (Fsp3) is 0.400. The average Bonchev–Trinajstić information content (AvgIpc) is 3.14. The molecule has 11 heteroatoms. The maximum absolute atomic E-state index is 14.0. The Bertz CT molecular complexity index is 1070. The Morgan fingerprint density at radius 1 is 1.32 bits per heavy atom.